The van der Waals surface area contributed by atoms with E-state index in [1.165, 1.54) is 4.90 Å². The molecule has 1 aromatic carbocycles. The van der Waals surface area contributed by atoms with Crippen LogP contribution in [0.25, 0.3) is 0 Å². The predicted octanol–water partition coefficient (Wildman–Crippen LogP) is 1.21. The summed E-state index contributed by atoms with van der Waals surface area (Å²) in [6.45, 7) is 1.86. The van der Waals surface area contributed by atoms with Gasteiger partial charge in [-0.3, -0.25) is 4.79 Å². The van der Waals surface area contributed by atoms with Crippen LogP contribution in [-0.2, 0) is 11.2 Å². The molecule has 0 saturated heterocycles. The van der Waals surface area contributed by atoms with E-state index in [4.69, 9.17) is 5.26 Å². The Balaban J connectivity index is 2.67. The maximum atomic E-state index is 12.0. The van der Waals surface area contributed by atoms with Gasteiger partial charge in [0.15, 0.2) is 0 Å². The summed E-state index contributed by atoms with van der Waals surface area (Å²) in [4.78, 5) is 13.4. The van der Waals surface area contributed by atoms with E-state index in [2.05, 4.69) is 0 Å². The molecule has 18 heavy (non-hydrogen) atoms. The number of amides is 1. The molecule has 1 N–H and O–H groups in total. The molecule has 4 nitrogen and oxygen atoms in total. The standard InChI is InChI=1S/C14H18N2O2/c1-11(17)10-16(2)14(18)13(9-15)8-12-6-4-3-5-7-12/h3-7,11,13,17H,8,10H2,1-2H3. The van der Waals surface area contributed by atoms with Crippen molar-refractivity contribution in [1.29, 1.82) is 5.26 Å². The van der Waals surface area contributed by atoms with Crippen LogP contribution in [0.1, 0.15) is 12.5 Å². The minimum atomic E-state index is -0.698. The van der Waals surface area contributed by atoms with Crippen molar-refractivity contribution in [1.82, 2.24) is 4.90 Å². The first-order chi connectivity index (χ1) is 8.54. The lowest BCUT2D eigenvalue weighted by molar-refractivity contribution is -0.133. The van der Waals surface area contributed by atoms with Crippen molar-refractivity contribution in [2.45, 2.75) is 19.4 Å². The Bertz CT molecular complexity index is 423. The normalized spacial score (nSPS) is 13.4. The van der Waals surface area contributed by atoms with Crippen molar-refractivity contribution >= 4 is 5.91 Å². The zero-order valence-electron chi connectivity index (χ0n) is 10.7. The largest absolute Gasteiger partial charge is 0.392 e. The summed E-state index contributed by atoms with van der Waals surface area (Å²) in [5.74, 6) is -0.946. The average Bonchev–Trinajstić information content (AvgIpc) is 2.35. The highest BCUT2D eigenvalue weighted by Gasteiger charge is 2.22. The van der Waals surface area contributed by atoms with Crippen LogP contribution in [0.4, 0.5) is 0 Å². The lowest BCUT2D eigenvalue weighted by Gasteiger charge is -2.21. The molecule has 4 heteroatoms. The number of hydrogen-bond donors (Lipinski definition) is 1. The molecule has 2 atom stereocenters. The Morgan fingerprint density at radius 2 is 2.06 bits per heavy atom. The topological polar surface area (TPSA) is 64.3 Å². The molecule has 0 spiro atoms. The third-order valence-electron chi connectivity index (χ3n) is 2.65. The van der Waals surface area contributed by atoms with Crippen molar-refractivity contribution in [3.8, 4) is 6.07 Å². The highest BCUT2D eigenvalue weighted by atomic mass is 16.3. The van der Waals surface area contributed by atoms with Gasteiger partial charge < -0.3 is 10.0 Å². The van der Waals surface area contributed by atoms with Gasteiger partial charge in [-0.05, 0) is 18.9 Å². The van der Waals surface area contributed by atoms with Crippen molar-refractivity contribution in [2.24, 2.45) is 5.92 Å². The summed E-state index contributed by atoms with van der Waals surface area (Å²) in [5.41, 5.74) is 0.961. The molecule has 1 aromatic rings. The molecule has 0 saturated carbocycles. The molecular weight excluding hydrogens is 228 g/mol. The summed E-state index contributed by atoms with van der Waals surface area (Å²) in [5, 5.41) is 18.3. The number of hydrogen-bond acceptors (Lipinski definition) is 3. The first kappa shape index (κ1) is 14.2. The summed E-state index contributed by atoms with van der Waals surface area (Å²) < 4.78 is 0. The zero-order valence-corrected chi connectivity index (χ0v) is 10.7. The number of nitrogens with zero attached hydrogens (tertiary/aromatic N) is 2. The van der Waals surface area contributed by atoms with E-state index in [9.17, 15) is 9.90 Å². The van der Waals surface area contributed by atoms with Gasteiger partial charge in [0.2, 0.25) is 5.91 Å². The van der Waals surface area contributed by atoms with Crippen molar-refractivity contribution < 1.29 is 9.90 Å². The van der Waals surface area contributed by atoms with E-state index < -0.39 is 12.0 Å². The van der Waals surface area contributed by atoms with Crippen molar-refractivity contribution in [3.05, 3.63) is 35.9 Å². The van der Waals surface area contributed by atoms with E-state index in [0.717, 1.165) is 5.56 Å². The Morgan fingerprint density at radius 1 is 1.44 bits per heavy atom. The smallest absolute Gasteiger partial charge is 0.240 e. The fourth-order valence-corrected chi connectivity index (χ4v) is 1.79. The third kappa shape index (κ3) is 4.19. The highest BCUT2D eigenvalue weighted by molar-refractivity contribution is 5.81. The first-order valence-electron chi connectivity index (χ1n) is 5.91. The molecule has 2 unspecified atom stereocenters. The fraction of sp³-hybridized carbons (Fsp3) is 0.429. The lowest BCUT2D eigenvalue weighted by atomic mass is 9.99. The minimum absolute atomic E-state index is 0.242. The molecule has 1 amide bonds. The zero-order chi connectivity index (χ0) is 13.5. The van der Waals surface area contributed by atoms with Gasteiger partial charge >= 0.3 is 0 Å². The van der Waals surface area contributed by atoms with E-state index in [-0.39, 0.29) is 12.5 Å². The second kappa shape index (κ2) is 6.77. The number of benzene rings is 1. The Labute approximate surface area is 107 Å². The number of aliphatic hydroxyl groups excluding tert-OH is 1. The monoisotopic (exact) mass is 246 g/mol. The summed E-state index contributed by atoms with van der Waals surface area (Å²) in [7, 11) is 1.60. The molecule has 1 rings (SSSR count). The molecule has 96 valence electrons. The lowest BCUT2D eigenvalue weighted by Crippen LogP contribution is -2.37. The first-order valence-corrected chi connectivity index (χ1v) is 5.91. The molecule has 0 heterocycles. The summed E-state index contributed by atoms with van der Waals surface area (Å²) >= 11 is 0. The van der Waals surface area contributed by atoms with Crippen LogP contribution in [0.3, 0.4) is 0 Å². The number of carbonyl (C=O) groups is 1. The van der Waals surface area contributed by atoms with Crippen LogP contribution in [0.15, 0.2) is 30.3 Å². The number of likely N-dealkylation sites (N-methyl/N-ethyl adjacent to an activating group) is 1. The van der Waals surface area contributed by atoms with E-state index in [1.54, 1.807) is 14.0 Å². The predicted molar refractivity (Wildman–Crippen MR) is 68.6 cm³/mol. The van der Waals surface area contributed by atoms with Gasteiger partial charge in [-0.25, -0.2) is 0 Å². The van der Waals surface area contributed by atoms with Crippen LogP contribution < -0.4 is 0 Å². The van der Waals surface area contributed by atoms with Gasteiger partial charge in [0.05, 0.1) is 12.2 Å². The quantitative estimate of drug-likeness (QED) is 0.849. The maximum Gasteiger partial charge on any atom is 0.240 e. The van der Waals surface area contributed by atoms with Gasteiger partial charge in [-0.2, -0.15) is 5.26 Å². The van der Waals surface area contributed by atoms with E-state index in [1.807, 2.05) is 36.4 Å². The number of nitriles is 1. The van der Waals surface area contributed by atoms with Crippen molar-refractivity contribution in [2.75, 3.05) is 13.6 Å². The SMILES string of the molecule is CC(O)CN(C)C(=O)C(C#N)Cc1ccccc1. The molecule has 0 aliphatic carbocycles. The molecular formula is C14H18N2O2. The third-order valence-corrected chi connectivity index (χ3v) is 2.65. The Morgan fingerprint density at radius 3 is 2.56 bits per heavy atom. The van der Waals surface area contributed by atoms with E-state index >= 15 is 0 Å². The highest BCUT2D eigenvalue weighted by Crippen LogP contribution is 2.10. The molecule has 0 bridgehead atoms. The van der Waals surface area contributed by atoms with Crippen LogP contribution in [-0.4, -0.2) is 35.6 Å². The van der Waals surface area contributed by atoms with Crippen LogP contribution in [0, 0.1) is 17.2 Å². The second-order valence-corrected chi connectivity index (χ2v) is 4.44. The second-order valence-electron chi connectivity index (χ2n) is 4.44. The molecule has 0 aromatic heterocycles. The average molecular weight is 246 g/mol. The van der Waals surface area contributed by atoms with E-state index in [0.29, 0.717) is 6.42 Å². The molecule has 0 fully saturated rings. The Hall–Kier alpha value is -1.86. The van der Waals surface area contributed by atoms with Gasteiger partial charge in [-0.15, -0.1) is 0 Å². The van der Waals surface area contributed by atoms with Gasteiger partial charge in [0.25, 0.3) is 0 Å². The maximum absolute atomic E-state index is 12.0. The van der Waals surface area contributed by atoms with Crippen LogP contribution >= 0.6 is 0 Å². The fourth-order valence-electron chi connectivity index (χ4n) is 1.79. The summed E-state index contributed by atoms with van der Waals surface area (Å²) in [6.07, 6.45) is -0.185. The van der Waals surface area contributed by atoms with Crippen molar-refractivity contribution in [3.63, 3.8) is 0 Å². The summed E-state index contributed by atoms with van der Waals surface area (Å²) in [6, 6.07) is 11.5. The molecule has 0 aliphatic heterocycles. The Kier molecular flexibility index (Phi) is 5.34. The van der Waals surface area contributed by atoms with Crippen LogP contribution in [0.2, 0.25) is 0 Å². The number of aliphatic hydroxyl groups is 1. The van der Waals surface area contributed by atoms with Crippen LogP contribution in [0.5, 0.6) is 0 Å². The number of carbonyl (C=O) groups excluding carboxylic acids is 1. The van der Waals surface area contributed by atoms with Gasteiger partial charge in [0.1, 0.15) is 5.92 Å². The molecule has 0 radical (unpaired) electrons. The minimum Gasteiger partial charge on any atom is -0.392 e. The molecule has 0 aliphatic rings. The van der Waals surface area contributed by atoms with Gasteiger partial charge in [-0.1, -0.05) is 30.3 Å². The van der Waals surface area contributed by atoms with Gasteiger partial charge in [0, 0.05) is 13.6 Å². The number of rotatable bonds is 5.